The second-order valence-corrected chi connectivity index (χ2v) is 5.16. The van der Waals surface area contributed by atoms with Crippen LogP contribution in [-0.4, -0.2) is 6.03 Å². The number of hydrogen-bond donors (Lipinski definition) is 3. The van der Waals surface area contributed by atoms with E-state index in [1.807, 2.05) is 13.0 Å². The van der Waals surface area contributed by atoms with Crippen molar-refractivity contribution < 1.29 is 9.18 Å². The summed E-state index contributed by atoms with van der Waals surface area (Å²) >= 11 is 3.32. The molecule has 0 heterocycles. The van der Waals surface area contributed by atoms with Crippen LogP contribution in [0.4, 0.5) is 26.2 Å². The number of carbonyl (C=O) groups is 1. The number of nitrogen functional groups attached to an aromatic ring is 1. The number of anilines is 3. The number of carbonyl (C=O) groups excluding carboxylic acids is 1. The van der Waals surface area contributed by atoms with E-state index in [9.17, 15) is 9.18 Å². The Labute approximate surface area is 124 Å². The maximum absolute atomic E-state index is 13.4. The van der Waals surface area contributed by atoms with E-state index >= 15 is 0 Å². The summed E-state index contributed by atoms with van der Waals surface area (Å²) in [6.45, 7) is 1.82. The van der Waals surface area contributed by atoms with E-state index in [4.69, 9.17) is 5.73 Å². The van der Waals surface area contributed by atoms with Gasteiger partial charge in [-0.1, -0.05) is 28.1 Å². The Bertz CT molecular complexity index is 638. The average Bonchev–Trinajstić information content (AvgIpc) is 2.36. The third kappa shape index (κ3) is 3.27. The van der Waals surface area contributed by atoms with Crippen molar-refractivity contribution in [2.24, 2.45) is 0 Å². The highest BCUT2D eigenvalue weighted by molar-refractivity contribution is 9.10. The zero-order valence-electron chi connectivity index (χ0n) is 10.7. The third-order valence-electron chi connectivity index (χ3n) is 2.69. The van der Waals surface area contributed by atoms with Crippen LogP contribution in [0.25, 0.3) is 0 Å². The van der Waals surface area contributed by atoms with Crippen LogP contribution in [0.1, 0.15) is 5.56 Å². The fourth-order valence-electron chi connectivity index (χ4n) is 1.77. The summed E-state index contributed by atoms with van der Waals surface area (Å²) in [5.74, 6) is -0.497. The lowest BCUT2D eigenvalue weighted by Crippen LogP contribution is -2.21. The number of para-hydroxylation sites is 1. The van der Waals surface area contributed by atoms with Crippen molar-refractivity contribution in [2.75, 3.05) is 16.4 Å². The van der Waals surface area contributed by atoms with Crippen molar-refractivity contribution in [1.29, 1.82) is 0 Å². The molecule has 0 saturated carbocycles. The van der Waals surface area contributed by atoms with Crippen molar-refractivity contribution in [3.63, 3.8) is 0 Å². The number of nitrogens with two attached hydrogens (primary N) is 1. The SMILES string of the molecule is Cc1cc(Br)cc(N)c1NC(=O)Nc1ccccc1F. The van der Waals surface area contributed by atoms with Crippen molar-refractivity contribution in [3.8, 4) is 0 Å². The van der Waals surface area contributed by atoms with E-state index in [2.05, 4.69) is 26.6 Å². The lowest BCUT2D eigenvalue weighted by molar-refractivity contribution is 0.262. The number of nitrogens with one attached hydrogen (secondary N) is 2. The zero-order chi connectivity index (χ0) is 14.7. The quantitative estimate of drug-likeness (QED) is 0.721. The van der Waals surface area contributed by atoms with Crippen LogP contribution in [0.5, 0.6) is 0 Å². The molecule has 2 rings (SSSR count). The van der Waals surface area contributed by atoms with Gasteiger partial charge in [-0.2, -0.15) is 0 Å². The predicted octanol–water partition coefficient (Wildman–Crippen LogP) is 4.12. The minimum atomic E-state index is -0.549. The van der Waals surface area contributed by atoms with Gasteiger partial charge >= 0.3 is 6.03 Å². The first-order valence-corrected chi connectivity index (χ1v) is 6.65. The maximum Gasteiger partial charge on any atom is 0.323 e. The molecule has 2 aromatic carbocycles. The molecule has 0 spiro atoms. The van der Waals surface area contributed by atoms with Crippen molar-refractivity contribution in [1.82, 2.24) is 0 Å². The van der Waals surface area contributed by atoms with E-state index in [1.165, 1.54) is 12.1 Å². The molecule has 0 fully saturated rings. The first-order chi connectivity index (χ1) is 9.47. The Hall–Kier alpha value is -2.08. The Morgan fingerprint density at radius 2 is 1.95 bits per heavy atom. The minimum absolute atomic E-state index is 0.110. The molecule has 0 aliphatic rings. The Morgan fingerprint density at radius 3 is 2.60 bits per heavy atom. The average molecular weight is 338 g/mol. The Morgan fingerprint density at radius 1 is 1.25 bits per heavy atom. The summed E-state index contributed by atoms with van der Waals surface area (Å²) in [7, 11) is 0. The number of aryl methyl sites for hydroxylation is 1. The molecule has 0 radical (unpaired) electrons. The third-order valence-corrected chi connectivity index (χ3v) is 3.15. The Balaban J connectivity index is 2.15. The highest BCUT2D eigenvalue weighted by Gasteiger charge is 2.10. The van der Waals surface area contributed by atoms with Gasteiger partial charge in [-0.15, -0.1) is 0 Å². The molecule has 0 aliphatic carbocycles. The number of halogens is 2. The van der Waals surface area contributed by atoms with Gasteiger partial charge in [0.1, 0.15) is 5.82 Å². The molecule has 0 aliphatic heterocycles. The smallest absolute Gasteiger partial charge is 0.323 e. The maximum atomic E-state index is 13.4. The summed E-state index contributed by atoms with van der Waals surface area (Å²) in [5.41, 5.74) is 7.70. The summed E-state index contributed by atoms with van der Waals surface area (Å²) in [5, 5.41) is 5.05. The molecular formula is C14H13BrFN3O. The normalized spacial score (nSPS) is 10.2. The van der Waals surface area contributed by atoms with Gasteiger partial charge in [0.25, 0.3) is 0 Å². The van der Waals surface area contributed by atoms with Gasteiger partial charge in [0.05, 0.1) is 17.1 Å². The van der Waals surface area contributed by atoms with E-state index in [1.54, 1.807) is 18.2 Å². The fourth-order valence-corrected chi connectivity index (χ4v) is 2.36. The number of urea groups is 1. The van der Waals surface area contributed by atoms with Gasteiger partial charge in [-0.05, 0) is 36.8 Å². The molecule has 4 N–H and O–H groups in total. The number of rotatable bonds is 2. The first-order valence-electron chi connectivity index (χ1n) is 5.85. The van der Waals surface area contributed by atoms with Gasteiger partial charge in [0.2, 0.25) is 0 Å². The monoisotopic (exact) mass is 337 g/mol. The number of hydrogen-bond acceptors (Lipinski definition) is 2. The van der Waals surface area contributed by atoms with Gasteiger partial charge < -0.3 is 16.4 Å². The molecule has 104 valence electrons. The molecule has 4 nitrogen and oxygen atoms in total. The molecule has 20 heavy (non-hydrogen) atoms. The first kappa shape index (κ1) is 14.3. The predicted molar refractivity (Wildman–Crippen MR) is 82.3 cm³/mol. The largest absolute Gasteiger partial charge is 0.397 e. The van der Waals surface area contributed by atoms with E-state index in [0.717, 1.165) is 10.0 Å². The number of amides is 2. The van der Waals surface area contributed by atoms with Gasteiger partial charge in [-0.25, -0.2) is 9.18 Å². The summed E-state index contributed by atoms with van der Waals surface area (Å²) in [4.78, 5) is 11.9. The highest BCUT2D eigenvalue weighted by atomic mass is 79.9. The summed E-state index contributed by atoms with van der Waals surface area (Å²) in [6, 6.07) is 8.91. The molecule has 0 bridgehead atoms. The Kier molecular flexibility index (Phi) is 4.24. The molecule has 0 atom stereocenters. The fraction of sp³-hybridized carbons (Fsp3) is 0.0714. The van der Waals surface area contributed by atoms with Crippen LogP contribution >= 0.6 is 15.9 Å². The van der Waals surface area contributed by atoms with E-state index in [0.29, 0.717) is 11.4 Å². The standard InChI is InChI=1S/C14H13BrFN3O/c1-8-6-9(15)7-11(17)13(8)19-14(20)18-12-5-3-2-4-10(12)16/h2-7H,17H2,1H3,(H2,18,19,20). The minimum Gasteiger partial charge on any atom is -0.397 e. The molecule has 0 unspecified atom stereocenters. The molecule has 6 heteroatoms. The van der Waals surface area contributed by atoms with Crippen LogP contribution in [0.2, 0.25) is 0 Å². The second-order valence-electron chi connectivity index (χ2n) is 4.25. The second kappa shape index (κ2) is 5.92. The van der Waals surface area contributed by atoms with Crippen molar-refractivity contribution in [3.05, 3.63) is 52.3 Å². The lowest BCUT2D eigenvalue weighted by Gasteiger charge is -2.13. The summed E-state index contributed by atoms with van der Waals surface area (Å²) < 4.78 is 14.3. The number of benzene rings is 2. The van der Waals surface area contributed by atoms with Crippen LogP contribution in [0.3, 0.4) is 0 Å². The molecule has 0 saturated heterocycles. The van der Waals surface area contributed by atoms with Crippen LogP contribution < -0.4 is 16.4 Å². The van der Waals surface area contributed by atoms with Crippen molar-refractivity contribution >= 4 is 39.0 Å². The van der Waals surface area contributed by atoms with Gasteiger partial charge in [0.15, 0.2) is 0 Å². The van der Waals surface area contributed by atoms with E-state index in [-0.39, 0.29) is 5.69 Å². The molecule has 2 amide bonds. The van der Waals surface area contributed by atoms with Gasteiger partial charge in [-0.3, -0.25) is 0 Å². The summed E-state index contributed by atoms with van der Waals surface area (Å²) in [6.07, 6.45) is 0. The molecule has 2 aromatic rings. The van der Waals surface area contributed by atoms with Crippen molar-refractivity contribution in [2.45, 2.75) is 6.92 Å². The van der Waals surface area contributed by atoms with Crippen LogP contribution in [-0.2, 0) is 0 Å². The molecule has 0 aromatic heterocycles. The zero-order valence-corrected chi connectivity index (χ0v) is 12.3. The van der Waals surface area contributed by atoms with Crippen LogP contribution in [0.15, 0.2) is 40.9 Å². The van der Waals surface area contributed by atoms with E-state index < -0.39 is 11.8 Å². The van der Waals surface area contributed by atoms with Crippen LogP contribution in [0, 0.1) is 12.7 Å². The lowest BCUT2D eigenvalue weighted by atomic mass is 10.1. The van der Waals surface area contributed by atoms with Gasteiger partial charge in [0, 0.05) is 4.47 Å². The molecular weight excluding hydrogens is 325 g/mol. The highest BCUT2D eigenvalue weighted by Crippen LogP contribution is 2.28. The topological polar surface area (TPSA) is 67.1 Å².